The van der Waals surface area contributed by atoms with Gasteiger partial charge in [0.05, 0.1) is 22.9 Å². The van der Waals surface area contributed by atoms with Gasteiger partial charge in [0, 0.05) is 22.3 Å². The van der Waals surface area contributed by atoms with Crippen LogP contribution in [0.25, 0.3) is 16.6 Å². The lowest BCUT2D eigenvalue weighted by Crippen LogP contribution is -2.00. The molecule has 0 fully saturated rings. The van der Waals surface area contributed by atoms with Gasteiger partial charge in [0.25, 0.3) is 9.05 Å². The van der Waals surface area contributed by atoms with Crippen LogP contribution in [0.5, 0.6) is 0 Å². The molecular formula is C10H6Cl2N4O2S. The highest BCUT2D eigenvalue weighted by Gasteiger charge is 2.20. The van der Waals surface area contributed by atoms with Crippen LogP contribution in [0.15, 0.2) is 35.6 Å². The van der Waals surface area contributed by atoms with Crippen molar-refractivity contribution >= 4 is 42.2 Å². The number of halogens is 2. The van der Waals surface area contributed by atoms with Crippen molar-refractivity contribution in [2.24, 2.45) is 0 Å². The summed E-state index contributed by atoms with van der Waals surface area (Å²) in [6, 6.07) is 3.15. The van der Waals surface area contributed by atoms with E-state index in [4.69, 9.17) is 22.3 Å². The second-order valence-corrected chi connectivity index (χ2v) is 6.67. The second-order valence-electron chi connectivity index (χ2n) is 3.73. The molecule has 2 heterocycles. The minimum absolute atomic E-state index is 0.00533. The molecule has 0 amide bonds. The number of aromatic amines is 1. The van der Waals surface area contributed by atoms with E-state index in [1.165, 1.54) is 23.4 Å². The van der Waals surface area contributed by atoms with Crippen molar-refractivity contribution < 1.29 is 8.42 Å². The molecule has 1 aromatic carbocycles. The Labute approximate surface area is 117 Å². The molecule has 19 heavy (non-hydrogen) atoms. The van der Waals surface area contributed by atoms with Gasteiger partial charge in [-0.1, -0.05) is 11.6 Å². The van der Waals surface area contributed by atoms with E-state index in [1.54, 1.807) is 12.1 Å². The maximum Gasteiger partial charge on any atom is 0.263 e. The van der Waals surface area contributed by atoms with E-state index < -0.39 is 9.05 Å². The summed E-state index contributed by atoms with van der Waals surface area (Å²) in [5.74, 6) is 0. The summed E-state index contributed by atoms with van der Waals surface area (Å²) in [6.45, 7) is 0. The Morgan fingerprint density at radius 1 is 1.21 bits per heavy atom. The van der Waals surface area contributed by atoms with Crippen molar-refractivity contribution in [2.75, 3.05) is 0 Å². The molecule has 6 nitrogen and oxygen atoms in total. The normalized spacial score (nSPS) is 12.1. The van der Waals surface area contributed by atoms with E-state index >= 15 is 0 Å². The van der Waals surface area contributed by atoms with Crippen LogP contribution in [-0.2, 0) is 9.05 Å². The third-order valence-corrected chi connectivity index (χ3v) is 4.29. The largest absolute Gasteiger partial charge is 0.358 e. The average Bonchev–Trinajstić information content (AvgIpc) is 2.94. The van der Waals surface area contributed by atoms with E-state index in [1.807, 2.05) is 0 Å². The van der Waals surface area contributed by atoms with Crippen LogP contribution >= 0.6 is 22.3 Å². The molecule has 0 spiro atoms. The lowest BCUT2D eigenvalue weighted by molar-refractivity contribution is 0.610. The molecule has 0 saturated carbocycles. The molecule has 3 aromatic rings. The monoisotopic (exact) mass is 316 g/mol. The number of H-pyrrole nitrogens is 1. The van der Waals surface area contributed by atoms with E-state index in [9.17, 15) is 8.42 Å². The predicted molar refractivity (Wildman–Crippen MR) is 71.3 cm³/mol. The lowest BCUT2D eigenvalue weighted by Gasteiger charge is -2.04. The summed E-state index contributed by atoms with van der Waals surface area (Å²) in [7, 11) is 1.54. The van der Waals surface area contributed by atoms with Crippen molar-refractivity contribution in [1.82, 2.24) is 20.0 Å². The molecule has 0 aliphatic heterocycles. The third-order valence-electron chi connectivity index (χ3n) is 2.62. The Bertz CT molecular complexity index is 855. The highest BCUT2D eigenvalue weighted by Crippen LogP contribution is 2.33. The van der Waals surface area contributed by atoms with Crippen LogP contribution < -0.4 is 0 Å². The van der Waals surface area contributed by atoms with Gasteiger partial charge in [-0.2, -0.15) is 10.2 Å². The van der Waals surface area contributed by atoms with Crippen molar-refractivity contribution in [3.63, 3.8) is 0 Å². The summed E-state index contributed by atoms with van der Waals surface area (Å²) >= 11 is 6.11. The minimum atomic E-state index is -3.84. The molecule has 0 aliphatic rings. The van der Waals surface area contributed by atoms with Gasteiger partial charge in [-0.25, -0.2) is 8.42 Å². The van der Waals surface area contributed by atoms with E-state index in [2.05, 4.69) is 15.2 Å². The summed E-state index contributed by atoms with van der Waals surface area (Å²) in [6.07, 6.45) is 4.31. The summed E-state index contributed by atoms with van der Waals surface area (Å²) in [4.78, 5) is 4.15. The lowest BCUT2D eigenvalue weighted by atomic mass is 10.2. The van der Waals surface area contributed by atoms with Gasteiger partial charge in [-0.3, -0.25) is 0 Å². The number of nitrogens with one attached hydrogen (secondary N) is 1. The molecule has 2 aromatic heterocycles. The zero-order valence-corrected chi connectivity index (χ0v) is 11.5. The number of rotatable bonds is 2. The molecule has 0 bridgehead atoms. The second kappa shape index (κ2) is 4.22. The highest BCUT2D eigenvalue weighted by molar-refractivity contribution is 8.14. The van der Waals surface area contributed by atoms with Gasteiger partial charge in [-0.05, 0) is 12.1 Å². The molecule has 98 valence electrons. The molecule has 3 rings (SSSR count). The third kappa shape index (κ3) is 1.99. The summed E-state index contributed by atoms with van der Waals surface area (Å²) in [5.41, 5.74) is 0.971. The fourth-order valence-electron chi connectivity index (χ4n) is 1.86. The number of fused-ring (bicyclic) bond motifs is 1. The number of benzene rings is 1. The van der Waals surface area contributed by atoms with Crippen molar-refractivity contribution in [3.05, 3.63) is 35.7 Å². The van der Waals surface area contributed by atoms with Crippen molar-refractivity contribution in [3.8, 4) is 5.69 Å². The van der Waals surface area contributed by atoms with E-state index in [0.29, 0.717) is 21.6 Å². The van der Waals surface area contributed by atoms with Gasteiger partial charge < -0.3 is 4.98 Å². The van der Waals surface area contributed by atoms with Crippen LogP contribution in [0.4, 0.5) is 0 Å². The smallest absolute Gasteiger partial charge is 0.263 e. The maximum absolute atomic E-state index is 11.5. The molecule has 9 heteroatoms. The Hall–Kier alpha value is -1.57. The number of hydrogen-bond donors (Lipinski definition) is 1. The number of aromatic nitrogens is 4. The van der Waals surface area contributed by atoms with Gasteiger partial charge in [-0.15, -0.1) is 4.80 Å². The summed E-state index contributed by atoms with van der Waals surface area (Å²) < 4.78 is 22.9. The molecule has 0 aliphatic carbocycles. The Balaban J connectivity index is 2.41. The zero-order valence-electron chi connectivity index (χ0n) is 9.21. The Morgan fingerprint density at radius 3 is 2.53 bits per heavy atom. The van der Waals surface area contributed by atoms with Crippen molar-refractivity contribution in [2.45, 2.75) is 4.90 Å². The molecule has 0 unspecified atom stereocenters. The first-order chi connectivity index (χ1) is 8.98. The predicted octanol–water partition coefficient (Wildman–Crippen LogP) is 2.33. The first-order valence-corrected chi connectivity index (χ1v) is 7.78. The van der Waals surface area contributed by atoms with Gasteiger partial charge in [0.2, 0.25) is 0 Å². The molecule has 0 atom stereocenters. The number of nitrogens with zero attached hydrogens (tertiary/aromatic N) is 3. The minimum Gasteiger partial charge on any atom is -0.358 e. The van der Waals surface area contributed by atoms with Crippen LogP contribution in [0.1, 0.15) is 0 Å². The SMILES string of the molecule is O=S(=O)(Cl)c1c[nH]c2c(-n3nccn3)c(Cl)ccc12. The van der Waals surface area contributed by atoms with Crippen LogP contribution in [0.3, 0.4) is 0 Å². The average molecular weight is 317 g/mol. The topological polar surface area (TPSA) is 80.6 Å². The fraction of sp³-hybridized carbons (Fsp3) is 0. The van der Waals surface area contributed by atoms with Crippen LogP contribution in [0.2, 0.25) is 5.02 Å². The Kier molecular flexibility index (Phi) is 2.77. The quantitative estimate of drug-likeness (QED) is 0.736. The molecule has 0 saturated heterocycles. The van der Waals surface area contributed by atoms with Gasteiger partial charge in [0.15, 0.2) is 0 Å². The highest BCUT2D eigenvalue weighted by atomic mass is 35.7. The molecular weight excluding hydrogens is 311 g/mol. The van der Waals surface area contributed by atoms with Crippen LogP contribution in [-0.4, -0.2) is 28.4 Å². The zero-order chi connectivity index (χ0) is 13.6. The van der Waals surface area contributed by atoms with E-state index in [-0.39, 0.29) is 4.90 Å². The van der Waals surface area contributed by atoms with Crippen molar-refractivity contribution in [1.29, 1.82) is 0 Å². The molecule has 1 N–H and O–H groups in total. The van der Waals surface area contributed by atoms with Gasteiger partial charge >= 0.3 is 0 Å². The maximum atomic E-state index is 11.5. The number of hydrogen-bond acceptors (Lipinski definition) is 4. The molecule has 0 radical (unpaired) electrons. The first kappa shape index (κ1) is 12.5. The standard InChI is InChI=1S/C10H6Cl2N4O2S/c11-7-2-1-6-8(19(12,17)18)5-13-9(6)10(7)16-14-3-4-15-16/h1-5,13H. The summed E-state index contributed by atoms with van der Waals surface area (Å²) in [5, 5.41) is 8.80. The van der Waals surface area contributed by atoms with Gasteiger partial charge in [0.1, 0.15) is 10.6 Å². The van der Waals surface area contributed by atoms with E-state index in [0.717, 1.165) is 0 Å². The fourth-order valence-corrected chi connectivity index (χ4v) is 3.11. The van der Waals surface area contributed by atoms with Crippen LogP contribution in [0, 0.1) is 0 Å². The first-order valence-electron chi connectivity index (χ1n) is 5.09. The Morgan fingerprint density at radius 2 is 1.89 bits per heavy atom.